The highest BCUT2D eigenvalue weighted by molar-refractivity contribution is 5.39. The molecule has 6 nitrogen and oxygen atoms in total. The number of nitrogens with zero attached hydrogens (tertiary/aromatic N) is 2. The number of alkyl halides is 1. The summed E-state index contributed by atoms with van der Waals surface area (Å²) >= 11 is 0. The minimum absolute atomic E-state index is 0.00369. The van der Waals surface area contributed by atoms with Gasteiger partial charge in [0.1, 0.15) is 6.17 Å². The van der Waals surface area contributed by atoms with Crippen LogP contribution in [-0.2, 0) is 6.54 Å². The minimum Gasteiger partial charge on any atom is -0.396 e. The number of aliphatic hydroxyl groups excluding tert-OH is 2. The van der Waals surface area contributed by atoms with Gasteiger partial charge in [0.2, 0.25) is 0 Å². The van der Waals surface area contributed by atoms with Crippen LogP contribution in [0.25, 0.3) is 0 Å². The van der Waals surface area contributed by atoms with Gasteiger partial charge in [0, 0.05) is 43.8 Å². The monoisotopic (exact) mass is 284 g/mol. The van der Waals surface area contributed by atoms with Crippen molar-refractivity contribution in [2.75, 3.05) is 19.7 Å². The molecule has 20 heavy (non-hydrogen) atoms. The highest BCUT2D eigenvalue weighted by atomic mass is 19.1. The third-order valence-electron chi connectivity index (χ3n) is 3.60. The van der Waals surface area contributed by atoms with Crippen molar-refractivity contribution in [1.82, 2.24) is 4.90 Å². The predicted molar refractivity (Wildman–Crippen MR) is 69.9 cm³/mol. The Bertz CT molecular complexity index is 485. The number of aliphatic hydroxyl groups is 2. The lowest BCUT2D eigenvalue weighted by Gasteiger charge is -2.37. The molecule has 0 aromatic heterocycles. The average molecular weight is 284 g/mol. The maximum atomic E-state index is 13.7. The molecule has 3 atom stereocenters. The van der Waals surface area contributed by atoms with Crippen molar-refractivity contribution in [3.8, 4) is 0 Å². The number of nitro groups is 1. The van der Waals surface area contributed by atoms with Crippen molar-refractivity contribution in [2.45, 2.75) is 18.8 Å². The second kappa shape index (κ2) is 6.25. The van der Waals surface area contributed by atoms with Crippen LogP contribution in [0.2, 0.25) is 0 Å². The second-order valence-electron chi connectivity index (χ2n) is 5.03. The van der Waals surface area contributed by atoms with Crippen LogP contribution >= 0.6 is 0 Å². The van der Waals surface area contributed by atoms with Crippen LogP contribution in [0.4, 0.5) is 10.1 Å². The Labute approximate surface area is 115 Å². The van der Waals surface area contributed by atoms with E-state index in [1.807, 2.05) is 0 Å². The molecule has 110 valence electrons. The number of likely N-dealkylation sites (tertiary alicyclic amines) is 1. The third-order valence-corrected chi connectivity index (χ3v) is 3.60. The van der Waals surface area contributed by atoms with Gasteiger partial charge in [-0.25, -0.2) is 4.39 Å². The van der Waals surface area contributed by atoms with Crippen LogP contribution in [0.1, 0.15) is 5.56 Å². The first kappa shape index (κ1) is 14.8. The van der Waals surface area contributed by atoms with E-state index in [0.29, 0.717) is 12.1 Å². The number of benzene rings is 1. The molecule has 0 unspecified atom stereocenters. The Balaban J connectivity index is 2.12. The molecule has 0 aliphatic carbocycles. The molecular weight excluding hydrogens is 267 g/mol. The molecule has 1 aromatic carbocycles. The maximum Gasteiger partial charge on any atom is 0.273 e. The van der Waals surface area contributed by atoms with Crippen molar-refractivity contribution in [3.63, 3.8) is 0 Å². The van der Waals surface area contributed by atoms with E-state index in [1.165, 1.54) is 6.07 Å². The van der Waals surface area contributed by atoms with Gasteiger partial charge in [-0.3, -0.25) is 15.0 Å². The Morgan fingerprint density at radius 1 is 1.40 bits per heavy atom. The van der Waals surface area contributed by atoms with Gasteiger partial charge in [-0.2, -0.15) is 0 Å². The Morgan fingerprint density at radius 3 is 2.75 bits per heavy atom. The molecule has 0 bridgehead atoms. The largest absolute Gasteiger partial charge is 0.396 e. The molecule has 2 rings (SSSR count). The number of piperidine rings is 1. The van der Waals surface area contributed by atoms with E-state index < -0.39 is 23.1 Å². The van der Waals surface area contributed by atoms with Gasteiger partial charge in [0.05, 0.1) is 11.0 Å². The molecule has 1 aromatic rings. The van der Waals surface area contributed by atoms with E-state index >= 15 is 0 Å². The molecule has 0 saturated carbocycles. The van der Waals surface area contributed by atoms with E-state index in [9.17, 15) is 19.6 Å². The number of hydrogen-bond acceptors (Lipinski definition) is 5. The first-order valence-corrected chi connectivity index (χ1v) is 6.40. The van der Waals surface area contributed by atoms with Gasteiger partial charge < -0.3 is 10.2 Å². The summed E-state index contributed by atoms with van der Waals surface area (Å²) in [5.41, 5.74) is 0.493. The van der Waals surface area contributed by atoms with Gasteiger partial charge in [-0.15, -0.1) is 0 Å². The molecule has 0 radical (unpaired) electrons. The summed E-state index contributed by atoms with van der Waals surface area (Å²) in [4.78, 5) is 12.1. The van der Waals surface area contributed by atoms with E-state index in [4.69, 9.17) is 5.11 Å². The summed E-state index contributed by atoms with van der Waals surface area (Å²) in [6.07, 6.45) is -2.63. The van der Waals surface area contributed by atoms with Crippen molar-refractivity contribution in [3.05, 3.63) is 39.9 Å². The first-order valence-electron chi connectivity index (χ1n) is 6.40. The number of rotatable bonds is 4. The molecule has 7 heteroatoms. The second-order valence-corrected chi connectivity index (χ2v) is 5.03. The summed E-state index contributed by atoms with van der Waals surface area (Å²) in [7, 11) is 0. The third kappa shape index (κ3) is 3.12. The van der Waals surface area contributed by atoms with Gasteiger partial charge in [0.25, 0.3) is 5.69 Å². The van der Waals surface area contributed by atoms with Crippen molar-refractivity contribution >= 4 is 5.69 Å². The van der Waals surface area contributed by atoms with Crippen LogP contribution < -0.4 is 0 Å². The molecule has 0 spiro atoms. The SMILES string of the molecule is O=[N+]([O-])c1ccccc1CN1C[C@H](CO)[C@@H](O)[C@@H](F)C1. The van der Waals surface area contributed by atoms with Crippen LogP contribution in [0.15, 0.2) is 24.3 Å². The Kier molecular flexibility index (Phi) is 4.64. The van der Waals surface area contributed by atoms with E-state index in [0.717, 1.165) is 0 Å². The molecule has 2 N–H and O–H groups in total. The quantitative estimate of drug-likeness (QED) is 0.628. The molecule has 1 fully saturated rings. The highest BCUT2D eigenvalue weighted by Gasteiger charge is 2.35. The average Bonchev–Trinajstić information content (AvgIpc) is 2.43. The Morgan fingerprint density at radius 2 is 2.10 bits per heavy atom. The van der Waals surface area contributed by atoms with Crippen molar-refractivity contribution in [2.24, 2.45) is 5.92 Å². The lowest BCUT2D eigenvalue weighted by molar-refractivity contribution is -0.385. The predicted octanol–water partition coefficient (Wildman–Crippen LogP) is 0.718. The van der Waals surface area contributed by atoms with Gasteiger partial charge in [-0.05, 0) is 0 Å². The minimum atomic E-state index is -1.45. The molecular formula is C13H17FN2O4. The van der Waals surface area contributed by atoms with Crippen molar-refractivity contribution in [1.29, 1.82) is 0 Å². The summed E-state index contributed by atoms with van der Waals surface area (Å²) in [6.45, 7) is 0.226. The maximum absolute atomic E-state index is 13.7. The molecule has 1 aliphatic rings. The van der Waals surface area contributed by atoms with E-state index in [2.05, 4.69) is 0 Å². The van der Waals surface area contributed by atoms with E-state index in [-0.39, 0.29) is 25.4 Å². The fraction of sp³-hybridized carbons (Fsp3) is 0.538. The molecule has 1 aliphatic heterocycles. The fourth-order valence-corrected chi connectivity index (χ4v) is 2.52. The van der Waals surface area contributed by atoms with Gasteiger partial charge >= 0.3 is 0 Å². The lowest BCUT2D eigenvalue weighted by atomic mass is 9.93. The van der Waals surface area contributed by atoms with Crippen molar-refractivity contribution < 1.29 is 19.5 Å². The molecule has 1 heterocycles. The zero-order valence-corrected chi connectivity index (χ0v) is 10.9. The lowest BCUT2D eigenvalue weighted by Crippen LogP contribution is -2.51. The van der Waals surface area contributed by atoms with Crippen LogP contribution in [0.3, 0.4) is 0 Å². The summed E-state index contributed by atoms with van der Waals surface area (Å²) in [6, 6.07) is 6.31. The topological polar surface area (TPSA) is 86.8 Å². The number of nitro benzene ring substituents is 1. The first-order chi connectivity index (χ1) is 9.52. The van der Waals surface area contributed by atoms with Crippen LogP contribution in [0, 0.1) is 16.0 Å². The van der Waals surface area contributed by atoms with Gasteiger partial charge in [0.15, 0.2) is 0 Å². The van der Waals surface area contributed by atoms with Crippen LogP contribution in [0.5, 0.6) is 0 Å². The van der Waals surface area contributed by atoms with Crippen LogP contribution in [-0.4, -0.2) is 52.0 Å². The smallest absolute Gasteiger partial charge is 0.273 e. The summed E-state index contributed by atoms with van der Waals surface area (Å²) < 4.78 is 13.7. The normalized spacial score (nSPS) is 27.4. The fourth-order valence-electron chi connectivity index (χ4n) is 2.52. The number of halogens is 1. The number of para-hydroxylation sites is 1. The van der Waals surface area contributed by atoms with Gasteiger partial charge in [-0.1, -0.05) is 18.2 Å². The summed E-state index contributed by atoms with van der Waals surface area (Å²) in [5, 5.41) is 29.7. The molecule has 0 amide bonds. The Hall–Kier alpha value is -1.57. The molecule has 1 saturated heterocycles. The zero-order chi connectivity index (χ0) is 14.7. The highest BCUT2D eigenvalue weighted by Crippen LogP contribution is 2.24. The van der Waals surface area contributed by atoms with E-state index in [1.54, 1.807) is 23.1 Å². The zero-order valence-electron chi connectivity index (χ0n) is 10.9. The number of hydrogen-bond donors (Lipinski definition) is 2. The standard InChI is InChI=1S/C13H17FN2O4/c14-11-7-15(6-10(8-17)13(11)18)5-9-3-1-2-4-12(9)16(19)20/h1-4,10-11,13,17-18H,5-8H2/t10-,11+,13-/m1/s1. The summed E-state index contributed by atoms with van der Waals surface area (Å²) in [5.74, 6) is -0.568.